The van der Waals surface area contributed by atoms with E-state index in [1.165, 1.54) is 0 Å². The van der Waals surface area contributed by atoms with Gasteiger partial charge in [0, 0.05) is 30.8 Å². The quantitative estimate of drug-likeness (QED) is 0.448. The smallest absolute Gasteiger partial charge is 0.247 e. The molecule has 1 fully saturated rings. The minimum atomic E-state index is -0.982. The molecule has 186 valence electrons. The third-order valence-electron chi connectivity index (χ3n) is 7.05. The monoisotopic (exact) mass is 472 g/mol. The summed E-state index contributed by atoms with van der Waals surface area (Å²) in [6, 6.07) is 6.81. The Kier molecular flexibility index (Phi) is 8.24. The summed E-state index contributed by atoms with van der Waals surface area (Å²) in [5.74, 6) is -0.392. The molecule has 34 heavy (non-hydrogen) atoms. The molecule has 0 radical (unpaired) electrons. The molecular weight excluding hydrogens is 436 g/mol. The third kappa shape index (κ3) is 4.99. The molecule has 2 heterocycles. The Hall–Kier alpha value is -2.42. The van der Waals surface area contributed by atoms with Crippen molar-refractivity contribution in [3.05, 3.63) is 41.5 Å². The Morgan fingerprint density at radius 2 is 2.03 bits per heavy atom. The zero-order chi connectivity index (χ0) is 24.1. The summed E-state index contributed by atoms with van der Waals surface area (Å²) in [4.78, 5) is 28.4. The standard InChI is InChI=1S/C26H36N2O6/c1-2-3-4-7-12-28(26(32)17-10-14-33-16-17)20-15-19(25(31)27-11-13-29)22-18-8-5-6-9-21(18)34-24(22)23(20)30/h5-6,8-9,15,17,20,22-24,29-30H,2-4,7,10-14,16H2,1H3,(H,27,31)/t17?,20-,22+,23+,24+/m1/s1. The first-order chi connectivity index (χ1) is 16.6. The van der Waals surface area contributed by atoms with Crippen LogP contribution in [0.15, 0.2) is 35.9 Å². The van der Waals surface area contributed by atoms with Crippen molar-refractivity contribution in [2.75, 3.05) is 32.9 Å². The number of carbonyl (C=O) groups is 2. The van der Waals surface area contributed by atoms with Crippen LogP contribution in [0.25, 0.3) is 0 Å². The van der Waals surface area contributed by atoms with E-state index < -0.39 is 24.2 Å². The summed E-state index contributed by atoms with van der Waals surface area (Å²) in [5, 5.41) is 23.4. The second kappa shape index (κ2) is 11.3. The number of nitrogens with one attached hydrogen (secondary N) is 1. The number of benzene rings is 1. The van der Waals surface area contributed by atoms with E-state index in [9.17, 15) is 19.8 Å². The van der Waals surface area contributed by atoms with Crippen LogP contribution in [0, 0.1) is 5.92 Å². The average Bonchev–Trinajstić information content (AvgIpc) is 3.52. The molecule has 0 spiro atoms. The van der Waals surface area contributed by atoms with Gasteiger partial charge in [-0.1, -0.05) is 44.4 Å². The predicted octanol–water partition coefficient (Wildman–Crippen LogP) is 1.75. The fourth-order valence-corrected chi connectivity index (χ4v) is 5.27. The molecule has 2 aliphatic heterocycles. The fraction of sp³-hybridized carbons (Fsp3) is 0.615. The molecule has 0 bridgehead atoms. The number of hydrogen-bond donors (Lipinski definition) is 3. The highest BCUT2D eigenvalue weighted by Crippen LogP contribution is 2.47. The lowest BCUT2D eigenvalue weighted by Crippen LogP contribution is -2.57. The first-order valence-corrected chi connectivity index (χ1v) is 12.5. The number of aliphatic hydroxyl groups is 2. The van der Waals surface area contributed by atoms with E-state index in [4.69, 9.17) is 9.47 Å². The number of para-hydroxylation sites is 1. The van der Waals surface area contributed by atoms with Gasteiger partial charge in [-0.15, -0.1) is 0 Å². The lowest BCUT2D eigenvalue weighted by Gasteiger charge is -2.41. The van der Waals surface area contributed by atoms with Crippen LogP contribution < -0.4 is 10.1 Å². The lowest BCUT2D eigenvalue weighted by atomic mass is 9.77. The van der Waals surface area contributed by atoms with Gasteiger partial charge < -0.3 is 29.9 Å². The van der Waals surface area contributed by atoms with Gasteiger partial charge in [0.2, 0.25) is 11.8 Å². The Morgan fingerprint density at radius 3 is 2.76 bits per heavy atom. The molecule has 2 amide bonds. The van der Waals surface area contributed by atoms with E-state index in [1.807, 2.05) is 24.3 Å². The fourth-order valence-electron chi connectivity index (χ4n) is 5.27. The summed E-state index contributed by atoms with van der Waals surface area (Å²) < 4.78 is 11.6. The molecule has 3 aliphatic rings. The molecule has 1 aromatic rings. The minimum absolute atomic E-state index is 0.0432. The molecule has 5 atom stereocenters. The summed E-state index contributed by atoms with van der Waals surface area (Å²) in [7, 11) is 0. The van der Waals surface area contributed by atoms with Gasteiger partial charge in [-0.3, -0.25) is 9.59 Å². The molecule has 1 saturated heterocycles. The topological polar surface area (TPSA) is 108 Å². The van der Waals surface area contributed by atoms with Crippen LogP contribution in [0.4, 0.5) is 0 Å². The van der Waals surface area contributed by atoms with Crippen molar-refractivity contribution in [3.63, 3.8) is 0 Å². The van der Waals surface area contributed by atoms with E-state index in [1.54, 1.807) is 11.0 Å². The van der Waals surface area contributed by atoms with Gasteiger partial charge in [-0.2, -0.15) is 0 Å². The SMILES string of the molecule is CCCCCCN(C(=O)C1CCOC1)[C@@H]1C=C(C(=O)NCCO)[C@@H]2c3ccccc3O[C@@H]2[C@H]1O. The number of hydrogen-bond acceptors (Lipinski definition) is 6. The van der Waals surface area contributed by atoms with Gasteiger partial charge in [-0.05, 0) is 25.0 Å². The molecule has 1 aliphatic carbocycles. The number of unbranched alkanes of at least 4 members (excludes halogenated alkanes) is 3. The Morgan fingerprint density at radius 1 is 1.21 bits per heavy atom. The van der Waals surface area contributed by atoms with Gasteiger partial charge in [0.15, 0.2) is 0 Å². The van der Waals surface area contributed by atoms with E-state index in [2.05, 4.69) is 12.2 Å². The van der Waals surface area contributed by atoms with Crippen LogP contribution in [0.1, 0.15) is 50.5 Å². The lowest BCUT2D eigenvalue weighted by molar-refractivity contribution is -0.141. The minimum Gasteiger partial charge on any atom is -0.486 e. The normalized spacial score (nSPS) is 27.4. The second-order valence-electron chi connectivity index (χ2n) is 9.33. The highest BCUT2D eigenvalue weighted by atomic mass is 16.5. The maximum Gasteiger partial charge on any atom is 0.247 e. The van der Waals surface area contributed by atoms with Crippen molar-refractivity contribution in [1.29, 1.82) is 0 Å². The van der Waals surface area contributed by atoms with Crippen LogP contribution in [0.3, 0.4) is 0 Å². The second-order valence-corrected chi connectivity index (χ2v) is 9.33. The van der Waals surface area contributed by atoms with Gasteiger partial charge in [0.25, 0.3) is 0 Å². The molecular formula is C26H36N2O6. The van der Waals surface area contributed by atoms with E-state index in [0.29, 0.717) is 37.5 Å². The molecule has 0 aromatic heterocycles. The number of rotatable bonds is 10. The molecule has 1 unspecified atom stereocenters. The van der Waals surface area contributed by atoms with Crippen molar-refractivity contribution in [1.82, 2.24) is 10.2 Å². The summed E-state index contributed by atoms with van der Waals surface area (Å²) in [5.41, 5.74) is 1.31. The van der Waals surface area contributed by atoms with E-state index >= 15 is 0 Å². The van der Waals surface area contributed by atoms with Crippen LogP contribution in [0.2, 0.25) is 0 Å². The maximum absolute atomic E-state index is 13.5. The molecule has 1 aromatic carbocycles. The molecule has 3 N–H and O–H groups in total. The van der Waals surface area contributed by atoms with Crippen LogP contribution in [-0.2, 0) is 14.3 Å². The van der Waals surface area contributed by atoms with E-state index in [-0.39, 0.29) is 30.9 Å². The molecule has 8 heteroatoms. The van der Waals surface area contributed by atoms with Gasteiger partial charge >= 0.3 is 0 Å². The van der Waals surface area contributed by atoms with Gasteiger partial charge in [0.05, 0.1) is 31.1 Å². The zero-order valence-corrected chi connectivity index (χ0v) is 19.8. The average molecular weight is 473 g/mol. The maximum atomic E-state index is 13.5. The number of carbonyl (C=O) groups excluding carboxylic acids is 2. The largest absolute Gasteiger partial charge is 0.486 e. The Bertz CT molecular complexity index is 897. The number of nitrogens with zero attached hydrogens (tertiary/aromatic N) is 1. The van der Waals surface area contributed by atoms with Gasteiger partial charge in [-0.25, -0.2) is 0 Å². The van der Waals surface area contributed by atoms with Crippen molar-refractivity contribution in [2.45, 2.75) is 63.2 Å². The van der Waals surface area contributed by atoms with Crippen molar-refractivity contribution in [3.8, 4) is 5.75 Å². The number of amides is 2. The van der Waals surface area contributed by atoms with Crippen molar-refractivity contribution < 1.29 is 29.3 Å². The Balaban J connectivity index is 1.68. The van der Waals surface area contributed by atoms with Crippen molar-refractivity contribution >= 4 is 11.8 Å². The first kappa shape index (κ1) is 24.7. The van der Waals surface area contributed by atoms with Gasteiger partial charge in [0.1, 0.15) is 18.0 Å². The zero-order valence-electron chi connectivity index (χ0n) is 19.8. The van der Waals surface area contributed by atoms with E-state index in [0.717, 1.165) is 31.2 Å². The van der Waals surface area contributed by atoms with Crippen LogP contribution in [0.5, 0.6) is 5.75 Å². The van der Waals surface area contributed by atoms with Crippen LogP contribution in [-0.4, -0.2) is 78.1 Å². The number of ether oxygens (including phenoxy) is 2. The Labute approximate surface area is 200 Å². The first-order valence-electron chi connectivity index (χ1n) is 12.5. The third-order valence-corrected chi connectivity index (χ3v) is 7.05. The number of fused-ring (bicyclic) bond motifs is 3. The molecule has 4 rings (SSSR count). The highest BCUT2D eigenvalue weighted by Gasteiger charge is 2.50. The highest BCUT2D eigenvalue weighted by molar-refractivity contribution is 5.96. The summed E-state index contributed by atoms with van der Waals surface area (Å²) in [6.45, 7) is 3.54. The van der Waals surface area contributed by atoms with Crippen molar-refractivity contribution in [2.24, 2.45) is 5.92 Å². The van der Waals surface area contributed by atoms with Crippen LogP contribution >= 0.6 is 0 Å². The molecule has 0 saturated carbocycles. The predicted molar refractivity (Wildman–Crippen MR) is 126 cm³/mol. The summed E-state index contributed by atoms with van der Waals surface area (Å²) in [6.07, 6.45) is 4.73. The molecule has 8 nitrogen and oxygen atoms in total. The number of aliphatic hydroxyl groups excluding tert-OH is 2. The summed E-state index contributed by atoms with van der Waals surface area (Å²) >= 11 is 0.